The van der Waals surface area contributed by atoms with Gasteiger partial charge in [-0.2, -0.15) is 0 Å². The summed E-state index contributed by atoms with van der Waals surface area (Å²) in [5.74, 6) is -1.14. The fraction of sp³-hybridized carbons (Fsp3) is 0.231. The molecule has 0 aromatic heterocycles. The first-order chi connectivity index (χ1) is 9.11. The number of carbonyl (C=O) groups is 4. The van der Waals surface area contributed by atoms with Crippen molar-refractivity contribution in [1.29, 1.82) is 0 Å². The summed E-state index contributed by atoms with van der Waals surface area (Å²) in [4.78, 5) is 43.0. The third-order valence-electron chi connectivity index (χ3n) is 3.03. The largest absolute Gasteiger partial charge is 0.328 e. The first-order valence-corrected chi connectivity index (χ1v) is 5.62. The Morgan fingerprint density at radius 1 is 1.00 bits per heavy atom. The number of imide groups is 2. The average molecular weight is 262 g/mol. The second kappa shape index (κ2) is 5.90. The average Bonchev–Trinajstić information content (AvgIpc) is 2.42. The highest BCUT2D eigenvalue weighted by Crippen LogP contribution is 2.30. The summed E-state index contributed by atoms with van der Waals surface area (Å²) in [6.45, 7) is 3.74. The third kappa shape index (κ3) is 2.37. The van der Waals surface area contributed by atoms with Crippen LogP contribution in [0.25, 0.3) is 0 Å². The molecular weight excluding hydrogens is 248 g/mol. The SMILES string of the molecule is C=O.CCC1(c2ccccc2)C(=O)NC(=O)NC1=O. The molecule has 0 bridgehead atoms. The smallest absolute Gasteiger partial charge is 0.307 e. The van der Waals surface area contributed by atoms with E-state index in [1.165, 1.54) is 0 Å². The van der Waals surface area contributed by atoms with Gasteiger partial charge in [0.05, 0.1) is 0 Å². The van der Waals surface area contributed by atoms with Gasteiger partial charge >= 0.3 is 6.03 Å². The fourth-order valence-electron chi connectivity index (χ4n) is 2.06. The summed E-state index contributed by atoms with van der Waals surface area (Å²) in [6.07, 6.45) is 0.294. The zero-order valence-electron chi connectivity index (χ0n) is 10.4. The van der Waals surface area contributed by atoms with Crippen molar-refractivity contribution < 1.29 is 19.2 Å². The Labute approximate surface area is 110 Å². The van der Waals surface area contributed by atoms with Crippen molar-refractivity contribution in [2.75, 3.05) is 0 Å². The number of barbiturate groups is 1. The van der Waals surface area contributed by atoms with E-state index < -0.39 is 23.3 Å². The lowest BCUT2D eigenvalue weighted by molar-refractivity contribution is -0.138. The predicted octanol–water partition coefficient (Wildman–Crippen LogP) is 0.515. The lowest BCUT2D eigenvalue weighted by Crippen LogP contribution is -2.64. The predicted molar refractivity (Wildman–Crippen MR) is 67.2 cm³/mol. The highest BCUT2D eigenvalue weighted by atomic mass is 16.2. The molecule has 1 aliphatic heterocycles. The highest BCUT2D eigenvalue weighted by Gasteiger charge is 2.50. The van der Waals surface area contributed by atoms with E-state index in [0.717, 1.165) is 0 Å². The van der Waals surface area contributed by atoms with Crippen molar-refractivity contribution in [3.63, 3.8) is 0 Å². The van der Waals surface area contributed by atoms with Gasteiger partial charge in [0.2, 0.25) is 11.8 Å². The molecule has 0 aliphatic carbocycles. The number of nitrogens with one attached hydrogen (secondary N) is 2. The van der Waals surface area contributed by atoms with Crippen molar-refractivity contribution in [2.24, 2.45) is 0 Å². The molecule has 1 aromatic carbocycles. The number of urea groups is 1. The molecule has 6 nitrogen and oxygen atoms in total. The summed E-state index contributed by atoms with van der Waals surface area (Å²) in [5, 5.41) is 4.28. The molecule has 1 fully saturated rings. The Hall–Kier alpha value is -2.50. The first kappa shape index (κ1) is 14.6. The van der Waals surface area contributed by atoms with Gasteiger partial charge in [-0.05, 0) is 12.0 Å². The summed E-state index contributed by atoms with van der Waals surface area (Å²) in [7, 11) is 0. The number of carbonyl (C=O) groups excluding carboxylic acids is 4. The molecule has 0 saturated carbocycles. The van der Waals surface area contributed by atoms with Crippen LogP contribution in [0.15, 0.2) is 30.3 Å². The summed E-state index contributed by atoms with van der Waals surface area (Å²) in [6, 6.07) is 7.96. The Kier molecular flexibility index (Phi) is 4.52. The Morgan fingerprint density at radius 3 is 1.89 bits per heavy atom. The summed E-state index contributed by atoms with van der Waals surface area (Å²) < 4.78 is 0. The Morgan fingerprint density at radius 2 is 1.47 bits per heavy atom. The molecule has 1 heterocycles. The van der Waals surface area contributed by atoms with Gasteiger partial charge in [0.1, 0.15) is 6.79 Å². The molecule has 0 unspecified atom stereocenters. The van der Waals surface area contributed by atoms with Crippen molar-refractivity contribution in [1.82, 2.24) is 10.6 Å². The van der Waals surface area contributed by atoms with E-state index in [-0.39, 0.29) is 0 Å². The van der Waals surface area contributed by atoms with Gasteiger partial charge in [0, 0.05) is 0 Å². The number of benzene rings is 1. The zero-order valence-corrected chi connectivity index (χ0v) is 10.4. The van der Waals surface area contributed by atoms with Crippen LogP contribution in [-0.4, -0.2) is 24.6 Å². The maximum absolute atomic E-state index is 12.0. The maximum Gasteiger partial charge on any atom is 0.328 e. The van der Waals surface area contributed by atoms with Crippen LogP contribution in [0.1, 0.15) is 18.9 Å². The second-order valence-corrected chi connectivity index (χ2v) is 3.86. The van der Waals surface area contributed by atoms with Crippen LogP contribution in [0.5, 0.6) is 0 Å². The van der Waals surface area contributed by atoms with E-state index in [1.807, 2.05) is 6.79 Å². The number of amides is 4. The molecule has 19 heavy (non-hydrogen) atoms. The third-order valence-corrected chi connectivity index (χ3v) is 3.03. The number of rotatable bonds is 2. The van der Waals surface area contributed by atoms with Crippen LogP contribution in [0.4, 0.5) is 4.79 Å². The molecule has 0 atom stereocenters. The minimum absolute atomic E-state index is 0.294. The zero-order chi connectivity index (χ0) is 14.5. The van der Waals surface area contributed by atoms with Crippen LogP contribution < -0.4 is 10.6 Å². The van der Waals surface area contributed by atoms with Gasteiger partial charge in [-0.25, -0.2) is 4.79 Å². The lowest BCUT2D eigenvalue weighted by atomic mass is 9.75. The van der Waals surface area contributed by atoms with Crippen LogP contribution >= 0.6 is 0 Å². The van der Waals surface area contributed by atoms with E-state index in [4.69, 9.17) is 4.79 Å². The topological polar surface area (TPSA) is 92.3 Å². The minimum atomic E-state index is -1.31. The molecule has 2 N–H and O–H groups in total. The van der Waals surface area contributed by atoms with Gasteiger partial charge in [0.25, 0.3) is 0 Å². The van der Waals surface area contributed by atoms with Crippen LogP contribution in [0.3, 0.4) is 0 Å². The van der Waals surface area contributed by atoms with Crippen LogP contribution in [-0.2, 0) is 19.8 Å². The van der Waals surface area contributed by atoms with E-state index in [1.54, 1.807) is 37.3 Å². The molecule has 1 aliphatic rings. The van der Waals surface area contributed by atoms with Gasteiger partial charge in [0.15, 0.2) is 5.41 Å². The lowest BCUT2D eigenvalue weighted by Gasteiger charge is -2.33. The van der Waals surface area contributed by atoms with Crippen molar-refractivity contribution in [3.05, 3.63) is 35.9 Å². The number of hydrogen-bond acceptors (Lipinski definition) is 4. The van der Waals surface area contributed by atoms with E-state index >= 15 is 0 Å². The molecule has 6 heteroatoms. The van der Waals surface area contributed by atoms with Gasteiger partial charge < -0.3 is 4.79 Å². The first-order valence-electron chi connectivity index (χ1n) is 5.62. The molecule has 0 spiro atoms. The standard InChI is InChI=1S/C12H12N2O3.CH2O/c1-2-12(8-6-4-3-5-7-8)9(15)13-11(17)14-10(12)16;1-2/h3-7H,2H2,1H3,(H2,13,14,15,16,17);1H2. The maximum atomic E-state index is 12.0. The van der Waals surface area contributed by atoms with Crippen molar-refractivity contribution in [3.8, 4) is 0 Å². The van der Waals surface area contributed by atoms with E-state index in [2.05, 4.69) is 10.6 Å². The molecule has 2 rings (SSSR count). The normalized spacial score (nSPS) is 16.8. The second-order valence-electron chi connectivity index (χ2n) is 3.86. The fourth-order valence-corrected chi connectivity index (χ4v) is 2.06. The number of hydrogen-bond donors (Lipinski definition) is 2. The van der Waals surface area contributed by atoms with Gasteiger partial charge in [-0.3, -0.25) is 20.2 Å². The quantitative estimate of drug-likeness (QED) is 0.760. The molecule has 0 radical (unpaired) electrons. The molecule has 100 valence electrons. The monoisotopic (exact) mass is 262 g/mol. The van der Waals surface area contributed by atoms with Gasteiger partial charge in [-0.1, -0.05) is 37.3 Å². The van der Waals surface area contributed by atoms with Crippen molar-refractivity contribution >= 4 is 24.6 Å². The van der Waals surface area contributed by atoms with Crippen LogP contribution in [0, 0.1) is 0 Å². The minimum Gasteiger partial charge on any atom is -0.307 e. The molecule has 4 amide bonds. The van der Waals surface area contributed by atoms with E-state index in [9.17, 15) is 14.4 Å². The van der Waals surface area contributed by atoms with Crippen LogP contribution in [0.2, 0.25) is 0 Å². The van der Waals surface area contributed by atoms with Crippen molar-refractivity contribution in [2.45, 2.75) is 18.8 Å². The Bertz CT molecular complexity index is 479. The summed E-state index contributed by atoms with van der Waals surface area (Å²) >= 11 is 0. The molecule has 1 saturated heterocycles. The Balaban J connectivity index is 0.000000861. The highest BCUT2D eigenvalue weighted by molar-refractivity contribution is 6.22. The van der Waals surface area contributed by atoms with Gasteiger partial charge in [-0.15, -0.1) is 0 Å². The molecule has 1 aromatic rings. The summed E-state index contributed by atoms with van der Waals surface area (Å²) in [5.41, 5.74) is -0.722. The van der Waals surface area contributed by atoms with E-state index in [0.29, 0.717) is 12.0 Å². The molecular formula is C13H14N2O4.